The molecule has 0 spiro atoms. The molecule has 1 rings (SSSR count). The van der Waals surface area contributed by atoms with Crippen LogP contribution in [-0.4, -0.2) is 39.4 Å². The van der Waals surface area contributed by atoms with Gasteiger partial charge < -0.3 is 20.2 Å². The summed E-state index contributed by atoms with van der Waals surface area (Å²) in [6.07, 6.45) is -0.173. The fourth-order valence-corrected chi connectivity index (χ4v) is 1.67. The lowest BCUT2D eigenvalue weighted by molar-refractivity contribution is 0.0285. The number of aryl methyl sites for hydroxylation is 1. The molecule has 6 heteroatoms. The highest BCUT2D eigenvalue weighted by Gasteiger charge is 2.13. The zero-order valence-electron chi connectivity index (χ0n) is 11.5. The van der Waals surface area contributed by atoms with E-state index in [9.17, 15) is 4.79 Å². The van der Waals surface area contributed by atoms with Gasteiger partial charge in [-0.15, -0.1) is 0 Å². The fourth-order valence-electron chi connectivity index (χ4n) is 1.67. The molecule has 4 N–H and O–H groups in total. The largest absolute Gasteiger partial charge is 0.382 e. The van der Waals surface area contributed by atoms with E-state index in [2.05, 4.69) is 10.7 Å². The van der Waals surface area contributed by atoms with Crippen molar-refractivity contribution in [2.75, 3.05) is 32.8 Å². The summed E-state index contributed by atoms with van der Waals surface area (Å²) >= 11 is 0. The van der Waals surface area contributed by atoms with Gasteiger partial charge in [0.2, 0.25) is 0 Å². The van der Waals surface area contributed by atoms with E-state index in [1.54, 1.807) is 20.3 Å². The summed E-state index contributed by atoms with van der Waals surface area (Å²) in [7, 11) is 3.17. The molecule has 0 radical (unpaired) electrons. The molecule has 0 bridgehead atoms. The van der Waals surface area contributed by atoms with E-state index >= 15 is 0 Å². The van der Waals surface area contributed by atoms with Crippen molar-refractivity contribution in [3.8, 4) is 0 Å². The molecule has 6 nitrogen and oxygen atoms in total. The second-order valence-corrected chi connectivity index (χ2v) is 4.22. The van der Waals surface area contributed by atoms with E-state index in [0.29, 0.717) is 24.4 Å². The van der Waals surface area contributed by atoms with Gasteiger partial charge in [0.05, 0.1) is 24.0 Å². The minimum atomic E-state index is -0.203. The Bertz CT molecular complexity index is 424. The number of hydrazine groups is 1. The van der Waals surface area contributed by atoms with Crippen molar-refractivity contribution in [3.63, 3.8) is 0 Å². The number of carbonyl (C=O) groups excluding carboxylic acids is 1. The molecule has 0 heterocycles. The van der Waals surface area contributed by atoms with Crippen LogP contribution in [0.25, 0.3) is 0 Å². The number of carbonyl (C=O) groups is 1. The first kappa shape index (κ1) is 15.4. The highest BCUT2D eigenvalue weighted by Crippen LogP contribution is 2.16. The highest BCUT2D eigenvalue weighted by molar-refractivity contribution is 5.99. The third-order valence-corrected chi connectivity index (χ3v) is 2.75. The van der Waals surface area contributed by atoms with Gasteiger partial charge in [0.25, 0.3) is 5.91 Å². The summed E-state index contributed by atoms with van der Waals surface area (Å²) in [4.78, 5) is 12.1. The topological polar surface area (TPSA) is 85.6 Å². The molecule has 106 valence electrons. The number of ether oxygens (including phenoxy) is 2. The van der Waals surface area contributed by atoms with E-state index in [0.717, 1.165) is 5.56 Å². The predicted octanol–water partition coefficient (Wildman–Crippen LogP) is 0.672. The fraction of sp³-hybridized carbons (Fsp3) is 0.462. The average molecular weight is 267 g/mol. The molecule has 1 unspecified atom stereocenters. The van der Waals surface area contributed by atoms with E-state index < -0.39 is 0 Å². The van der Waals surface area contributed by atoms with Crippen molar-refractivity contribution in [1.29, 1.82) is 0 Å². The van der Waals surface area contributed by atoms with E-state index in [1.807, 2.05) is 19.1 Å². The highest BCUT2D eigenvalue weighted by atomic mass is 16.5. The number of benzene rings is 1. The van der Waals surface area contributed by atoms with Crippen LogP contribution in [0.3, 0.4) is 0 Å². The Morgan fingerprint density at radius 3 is 2.74 bits per heavy atom. The lowest BCUT2D eigenvalue weighted by atomic mass is 10.1. The minimum Gasteiger partial charge on any atom is -0.382 e. The van der Waals surface area contributed by atoms with Crippen molar-refractivity contribution in [2.24, 2.45) is 5.84 Å². The lowest BCUT2D eigenvalue weighted by Crippen LogP contribution is -2.36. The van der Waals surface area contributed by atoms with Crippen LogP contribution in [0.4, 0.5) is 5.69 Å². The van der Waals surface area contributed by atoms with Crippen LogP contribution in [0.15, 0.2) is 18.2 Å². The Hall–Kier alpha value is -1.63. The zero-order valence-corrected chi connectivity index (χ0v) is 11.5. The number of methoxy groups -OCH3 is 2. The van der Waals surface area contributed by atoms with Crippen molar-refractivity contribution >= 4 is 11.6 Å². The molecule has 0 aromatic heterocycles. The second-order valence-electron chi connectivity index (χ2n) is 4.22. The summed E-state index contributed by atoms with van der Waals surface area (Å²) < 4.78 is 10.2. The molecule has 19 heavy (non-hydrogen) atoms. The molecule has 0 aliphatic rings. The Kier molecular flexibility index (Phi) is 6.27. The maximum absolute atomic E-state index is 12.1. The maximum Gasteiger partial charge on any atom is 0.253 e. The van der Waals surface area contributed by atoms with Crippen molar-refractivity contribution < 1.29 is 14.3 Å². The van der Waals surface area contributed by atoms with Crippen LogP contribution in [0.5, 0.6) is 0 Å². The summed E-state index contributed by atoms with van der Waals surface area (Å²) in [5.41, 5.74) is 4.65. The number of nitrogens with one attached hydrogen (secondary N) is 2. The van der Waals surface area contributed by atoms with Crippen LogP contribution in [0, 0.1) is 6.92 Å². The Morgan fingerprint density at radius 1 is 1.42 bits per heavy atom. The third kappa shape index (κ3) is 4.51. The average Bonchev–Trinajstić information content (AvgIpc) is 2.42. The molecule has 0 aliphatic carbocycles. The van der Waals surface area contributed by atoms with E-state index in [4.69, 9.17) is 15.3 Å². The molecule has 0 saturated carbocycles. The SMILES string of the molecule is COCC(CNC(=O)c1ccc(C)cc1NN)OC. The number of rotatable bonds is 7. The first-order valence-corrected chi connectivity index (χ1v) is 5.99. The van der Waals surface area contributed by atoms with E-state index in [-0.39, 0.29) is 12.0 Å². The predicted molar refractivity (Wildman–Crippen MR) is 74.0 cm³/mol. The molecule has 0 saturated heterocycles. The van der Waals surface area contributed by atoms with Crippen molar-refractivity contribution in [3.05, 3.63) is 29.3 Å². The molecule has 1 atom stereocenters. The Balaban J connectivity index is 2.67. The maximum atomic E-state index is 12.1. The van der Waals surface area contributed by atoms with Crippen molar-refractivity contribution in [2.45, 2.75) is 13.0 Å². The molecule has 1 aromatic rings. The zero-order chi connectivity index (χ0) is 14.3. The van der Waals surface area contributed by atoms with Gasteiger partial charge in [-0.1, -0.05) is 6.07 Å². The van der Waals surface area contributed by atoms with Crippen LogP contribution < -0.4 is 16.6 Å². The number of anilines is 1. The van der Waals surface area contributed by atoms with Crippen molar-refractivity contribution in [1.82, 2.24) is 5.32 Å². The van der Waals surface area contributed by atoms with Crippen LogP contribution in [-0.2, 0) is 9.47 Å². The summed E-state index contributed by atoms with van der Waals surface area (Å²) in [6.45, 7) is 2.73. The smallest absolute Gasteiger partial charge is 0.253 e. The van der Waals surface area contributed by atoms with Gasteiger partial charge in [-0.05, 0) is 24.6 Å². The van der Waals surface area contributed by atoms with Gasteiger partial charge in [0.15, 0.2) is 0 Å². The lowest BCUT2D eigenvalue weighted by Gasteiger charge is -2.16. The Labute approximate surface area is 113 Å². The molecule has 0 fully saturated rings. The van der Waals surface area contributed by atoms with Gasteiger partial charge in [-0.2, -0.15) is 0 Å². The summed E-state index contributed by atoms with van der Waals surface area (Å²) in [5, 5.41) is 2.79. The third-order valence-electron chi connectivity index (χ3n) is 2.75. The molecule has 0 aliphatic heterocycles. The quantitative estimate of drug-likeness (QED) is 0.499. The molecule has 1 amide bonds. The van der Waals surface area contributed by atoms with Crippen LogP contribution in [0.2, 0.25) is 0 Å². The second kappa shape index (κ2) is 7.73. The number of nitrogen functional groups attached to an aromatic ring is 1. The minimum absolute atomic E-state index is 0.173. The van der Waals surface area contributed by atoms with Gasteiger partial charge in [-0.3, -0.25) is 10.6 Å². The normalized spacial score (nSPS) is 12.0. The van der Waals surface area contributed by atoms with Gasteiger partial charge >= 0.3 is 0 Å². The van der Waals surface area contributed by atoms with Crippen LogP contribution in [0.1, 0.15) is 15.9 Å². The Morgan fingerprint density at radius 2 is 2.16 bits per heavy atom. The number of amides is 1. The molecular formula is C13H21N3O3. The first-order valence-electron chi connectivity index (χ1n) is 5.99. The molecular weight excluding hydrogens is 246 g/mol. The molecule has 1 aromatic carbocycles. The number of hydrogen-bond donors (Lipinski definition) is 3. The van der Waals surface area contributed by atoms with Crippen LogP contribution >= 0.6 is 0 Å². The first-order chi connectivity index (χ1) is 9.12. The van der Waals surface area contributed by atoms with E-state index in [1.165, 1.54) is 0 Å². The monoisotopic (exact) mass is 267 g/mol. The summed E-state index contributed by atoms with van der Waals surface area (Å²) in [5.74, 6) is 5.21. The number of hydrogen-bond acceptors (Lipinski definition) is 5. The summed E-state index contributed by atoms with van der Waals surface area (Å²) in [6, 6.07) is 5.41. The van der Waals surface area contributed by atoms with Gasteiger partial charge in [0, 0.05) is 20.8 Å². The van der Waals surface area contributed by atoms with Gasteiger partial charge in [-0.25, -0.2) is 0 Å². The standard InChI is InChI=1S/C13H21N3O3/c1-9-4-5-11(12(6-9)16-14)13(17)15-7-10(19-3)8-18-2/h4-6,10,16H,7-8,14H2,1-3H3,(H,15,17). The number of nitrogens with two attached hydrogens (primary N) is 1. The van der Waals surface area contributed by atoms with Gasteiger partial charge in [0.1, 0.15) is 0 Å².